The predicted octanol–water partition coefficient (Wildman–Crippen LogP) is 3.48. The minimum atomic E-state index is -1.91. The van der Waals surface area contributed by atoms with Gasteiger partial charge in [-0.3, -0.25) is 9.59 Å². The van der Waals surface area contributed by atoms with E-state index in [1.807, 2.05) is 26.8 Å². The van der Waals surface area contributed by atoms with Gasteiger partial charge in [-0.25, -0.2) is 4.79 Å². The molecule has 1 saturated heterocycles. The minimum absolute atomic E-state index is 0.0475. The smallest absolute Gasteiger partial charge is 0.335 e. The van der Waals surface area contributed by atoms with Gasteiger partial charge in [0.15, 0.2) is 17.6 Å². The van der Waals surface area contributed by atoms with E-state index in [2.05, 4.69) is 26.1 Å². The van der Waals surface area contributed by atoms with Gasteiger partial charge in [0, 0.05) is 27.2 Å². The number of aliphatic hydroxyl groups excluding tert-OH is 3. The molecule has 5 N–H and O–H groups in total. The summed E-state index contributed by atoms with van der Waals surface area (Å²) < 4.78 is 21.9. The van der Waals surface area contributed by atoms with Crippen molar-refractivity contribution in [2.45, 2.75) is 89.2 Å². The molecule has 3 rings (SSSR count). The molecule has 44 heavy (non-hydrogen) atoms. The number of carboxylic acids is 1. The lowest BCUT2D eigenvalue weighted by molar-refractivity contribution is -0.286. The summed E-state index contributed by atoms with van der Waals surface area (Å²) in [4.78, 5) is 36.7. The van der Waals surface area contributed by atoms with Crippen LogP contribution in [-0.2, 0) is 36.0 Å². The van der Waals surface area contributed by atoms with Crippen LogP contribution in [0.2, 0.25) is 0 Å². The van der Waals surface area contributed by atoms with E-state index in [-0.39, 0.29) is 17.1 Å². The van der Waals surface area contributed by atoms with Crippen LogP contribution in [0, 0.1) is 5.41 Å². The third-order valence-electron chi connectivity index (χ3n) is 6.52. The largest absolute Gasteiger partial charge is 0.493 e. The molecule has 0 aromatic heterocycles. The lowest BCUT2D eigenvalue weighted by atomic mass is 9.95. The SMILES string of the molecule is COc1ccc(CC(=O)OC2OC(C(=O)O)C(O)C(O)C2O)cc1Oc1ccc(NC(=O)C(C)(C)C)cc1CSC(C)(C)C. The van der Waals surface area contributed by atoms with Gasteiger partial charge in [-0.2, -0.15) is 11.8 Å². The monoisotopic (exact) mass is 635 g/mol. The number of thioether (sulfide) groups is 1. The maximum Gasteiger partial charge on any atom is 0.335 e. The van der Waals surface area contributed by atoms with E-state index < -0.39 is 48.1 Å². The van der Waals surface area contributed by atoms with Crippen molar-refractivity contribution in [1.82, 2.24) is 0 Å². The summed E-state index contributed by atoms with van der Waals surface area (Å²) in [6.45, 7) is 11.8. The molecule has 5 atom stereocenters. The number of nitrogens with one attached hydrogen (secondary N) is 1. The Kier molecular flexibility index (Phi) is 11.3. The Hall–Kier alpha value is -3.36. The lowest BCUT2D eigenvalue weighted by Gasteiger charge is -2.37. The van der Waals surface area contributed by atoms with Crippen molar-refractivity contribution in [2.75, 3.05) is 12.4 Å². The number of hydrogen-bond donors (Lipinski definition) is 5. The van der Waals surface area contributed by atoms with Gasteiger partial charge in [0.1, 0.15) is 24.1 Å². The average molecular weight is 636 g/mol. The van der Waals surface area contributed by atoms with Crippen LogP contribution in [0.25, 0.3) is 0 Å². The highest BCUT2D eigenvalue weighted by Gasteiger charge is 2.48. The van der Waals surface area contributed by atoms with Crippen molar-refractivity contribution in [3.8, 4) is 17.2 Å². The van der Waals surface area contributed by atoms with Crippen LogP contribution in [-0.4, -0.2) is 80.8 Å². The lowest BCUT2D eigenvalue weighted by Crippen LogP contribution is -2.60. The Morgan fingerprint density at radius 1 is 0.909 bits per heavy atom. The molecule has 12 nitrogen and oxygen atoms in total. The zero-order valence-electron chi connectivity index (χ0n) is 25.8. The van der Waals surface area contributed by atoms with Crippen LogP contribution < -0.4 is 14.8 Å². The van der Waals surface area contributed by atoms with Crippen molar-refractivity contribution in [2.24, 2.45) is 5.41 Å². The molecule has 2 aromatic carbocycles. The fraction of sp³-hybridized carbons (Fsp3) is 0.516. The van der Waals surface area contributed by atoms with E-state index in [9.17, 15) is 34.8 Å². The van der Waals surface area contributed by atoms with Crippen molar-refractivity contribution in [3.63, 3.8) is 0 Å². The van der Waals surface area contributed by atoms with Gasteiger partial charge in [-0.1, -0.05) is 47.6 Å². The molecule has 0 saturated carbocycles. The molecular formula is C31H41NO11S. The second kappa shape index (κ2) is 14.2. The average Bonchev–Trinajstić information content (AvgIpc) is 2.92. The third-order valence-corrected chi connectivity index (χ3v) is 7.84. The number of methoxy groups -OCH3 is 1. The van der Waals surface area contributed by atoms with Gasteiger partial charge in [0.05, 0.1) is 13.5 Å². The molecule has 1 aliphatic heterocycles. The molecule has 0 aliphatic carbocycles. The number of ether oxygens (including phenoxy) is 4. The van der Waals surface area contributed by atoms with Gasteiger partial charge in [-0.15, -0.1) is 0 Å². The van der Waals surface area contributed by atoms with Gasteiger partial charge in [0.2, 0.25) is 12.2 Å². The number of aliphatic carboxylic acids is 1. The maximum atomic E-state index is 12.7. The summed E-state index contributed by atoms with van der Waals surface area (Å²) in [6, 6.07) is 10.1. The molecule has 5 unspecified atom stereocenters. The molecule has 1 amide bonds. The molecule has 1 heterocycles. The summed E-state index contributed by atoms with van der Waals surface area (Å²) in [5.74, 6) is -0.838. The van der Waals surface area contributed by atoms with Gasteiger partial charge >= 0.3 is 11.9 Å². The van der Waals surface area contributed by atoms with E-state index >= 15 is 0 Å². The minimum Gasteiger partial charge on any atom is -0.493 e. The number of esters is 1. The third kappa shape index (κ3) is 9.32. The summed E-state index contributed by atoms with van der Waals surface area (Å²) in [5, 5.41) is 42.1. The number of benzene rings is 2. The first-order chi connectivity index (χ1) is 20.4. The van der Waals surface area contributed by atoms with Crippen molar-refractivity contribution < 1.29 is 53.8 Å². The molecule has 1 aliphatic rings. The molecule has 13 heteroatoms. The zero-order chi connectivity index (χ0) is 33.0. The van der Waals surface area contributed by atoms with Crippen LogP contribution in [0.1, 0.15) is 52.7 Å². The van der Waals surface area contributed by atoms with Crippen LogP contribution in [0.3, 0.4) is 0 Å². The molecule has 0 spiro atoms. The van der Waals surface area contributed by atoms with Gasteiger partial charge in [0.25, 0.3) is 0 Å². The van der Waals surface area contributed by atoms with E-state index in [0.29, 0.717) is 34.3 Å². The maximum absolute atomic E-state index is 12.7. The number of aliphatic hydroxyl groups is 3. The van der Waals surface area contributed by atoms with Crippen LogP contribution >= 0.6 is 11.8 Å². The number of amides is 1. The Balaban J connectivity index is 1.83. The topological polar surface area (TPSA) is 181 Å². The first kappa shape index (κ1) is 35.1. The first-order valence-electron chi connectivity index (χ1n) is 13.9. The molecule has 242 valence electrons. The number of carboxylic acid groups (broad SMARTS) is 1. The second-order valence-electron chi connectivity index (χ2n) is 12.4. The van der Waals surface area contributed by atoms with Crippen molar-refractivity contribution in [1.29, 1.82) is 0 Å². The van der Waals surface area contributed by atoms with Crippen LogP contribution in [0.15, 0.2) is 36.4 Å². The Morgan fingerprint density at radius 3 is 2.16 bits per heavy atom. The van der Waals surface area contributed by atoms with Crippen LogP contribution in [0.5, 0.6) is 17.2 Å². The first-order valence-corrected chi connectivity index (χ1v) is 14.9. The molecular weight excluding hydrogens is 594 g/mol. The number of carbonyl (C=O) groups is 3. The van der Waals surface area contributed by atoms with E-state index in [1.165, 1.54) is 7.11 Å². The van der Waals surface area contributed by atoms with E-state index in [1.54, 1.807) is 42.1 Å². The summed E-state index contributed by atoms with van der Waals surface area (Å²) in [6.07, 6.45) is -9.70. The Bertz CT molecular complexity index is 1350. The predicted molar refractivity (Wildman–Crippen MR) is 163 cm³/mol. The number of hydrogen-bond acceptors (Lipinski definition) is 11. The molecule has 2 aromatic rings. The standard InChI is InChI=1S/C31H41NO11S/c1-30(2,3)29(39)32-18-9-11-19(17(14-18)15-44-31(4,5)6)41-21-12-16(8-10-20(21)40-7)13-22(33)42-28-25(36)23(34)24(35)26(43-28)27(37)38/h8-12,14,23-26,28,34-36H,13,15H2,1-7H3,(H,32,39)(H,37,38). The van der Waals surface area contributed by atoms with Gasteiger partial charge in [-0.05, 0) is 35.9 Å². The molecule has 0 radical (unpaired) electrons. The van der Waals surface area contributed by atoms with Crippen LogP contribution in [0.4, 0.5) is 5.69 Å². The number of rotatable bonds is 10. The highest BCUT2D eigenvalue weighted by Crippen LogP contribution is 2.38. The fourth-order valence-corrected chi connectivity index (χ4v) is 4.81. The molecule has 0 bridgehead atoms. The Labute approximate surface area is 260 Å². The van der Waals surface area contributed by atoms with Crippen molar-refractivity contribution >= 4 is 35.3 Å². The number of anilines is 1. The summed E-state index contributed by atoms with van der Waals surface area (Å²) in [7, 11) is 1.47. The summed E-state index contributed by atoms with van der Waals surface area (Å²) >= 11 is 1.70. The van der Waals surface area contributed by atoms with E-state index in [0.717, 1.165) is 5.56 Å². The van der Waals surface area contributed by atoms with E-state index in [4.69, 9.17) is 18.9 Å². The second-order valence-corrected chi connectivity index (χ2v) is 14.2. The Morgan fingerprint density at radius 2 is 1.57 bits per heavy atom. The fourth-order valence-electron chi connectivity index (χ4n) is 4.00. The normalized spacial score (nSPS) is 22.2. The van der Waals surface area contributed by atoms with Crippen molar-refractivity contribution in [3.05, 3.63) is 47.5 Å². The quantitative estimate of drug-likeness (QED) is 0.240. The highest BCUT2D eigenvalue weighted by molar-refractivity contribution is 7.99. The number of carbonyl (C=O) groups excluding carboxylic acids is 2. The summed E-state index contributed by atoms with van der Waals surface area (Å²) in [5.41, 5.74) is 1.30. The molecule has 1 fully saturated rings. The highest BCUT2D eigenvalue weighted by atomic mass is 32.2. The zero-order valence-corrected chi connectivity index (χ0v) is 26.6. The van der Waals surface area contributed by atoms with Gasteiger partial charge < -0.3 is 44.7 Å².